The summed E-state index contributed by atoms with van der Waals surface area (Å²) in [5.41, 5.74) is -0.342. The maximum atomic E-state index is 10.7. The van der Waals surface area contributed by atoms with Crippen LogP contribution in [0.2, 0.25) is 0 Å². The second-order valence-electron chi connectivity index (χ2n) is 3.89. The molecular weight excluding hydrogens is 150 g/mol. The van der Waals surface area contributed by atoms with Crippen LogP contribution in [0.25, 0.3) is 0 Å². The molecule has 0 saturated heterocycles. The molecule has 0 N–H and O–H groups in total. The fourth-order valence-electron chi connectivity index (χ4n) is 0.909. The summed E-state index contributed by atoms with van der Waals surface area (Å²) < 4.78 is 0. The lowest BCUT2D eigenvalue weighted by Gasteiger charge is -2.25. The Morgan fingerprint density at radius 2 is 2.08 bits per heavy atom. The largest absolute Gasteiger partial charge is 0.300 e. The normalized spacial score (nSPS) is 15.3. The van der Waals surface area contributed by atoms with Gasteiger partial charge in [0, 0.05) is 6.42 Å². The van der Waals surface area contributed by atoms with Crippen molar-refractivity contribution in [1.82, 2.24) is 0 Å². The average molecular weight is 167 g/mol. The molecule has 0 spiro atoms. The van der Waals surface area contributed by atoms with Crippen molar-refractivity contribution in [2.45, 2.75) is 40.5 Å². The van der Waals surface area contributed by atoms with Crippen molar-refractivity contribution in [3.8, 4) is 6.07 Å². The second-order valence-corrected chi connectivity index (χ2v) is 3.89. The van der Waals surface area contributed by atoms with Gasteiger partial charge in [-0.05, 0) is 26.2 Å². The molecule has 0 amide bonds. The predicted molar refractivity (Wildman–Crippen MR) is 48.5 cm³/mol. The maximum Gasteiger partial charge on any atom is 0.129 e. The Morgan fingerprint density at radius 1 is 1.58 bits per heavy atom. The highest BCUT2D eigenvalue weighted by atomic mass is 16.1. The molecule has 0 aliphatic heterocycles. The SMILES string of the molecule is CC(=O)CCC(C)(C#N)C(C)C. The highest BCUT2D eigenvalue weighted by molar-refractivity contribution is 5.75. The standard InChI is InChI=1S/C10H17NO/c1-8(2)10(4,7-11)6-5-9(3)12/h8H,5-6H2,1-4H3. The number of hydrogen-bond donors (Lipinski definition) is 0. The second kappa shape index (κ2) is 4.25. The van der Waals surface area contributed by atoms with Crippen molar-refractivity contribution in [3.63, 3.8) is 0 Å². The van der Waals surface area contributed by atoms with Gasteiger partial charge in [-0.25, -0.2) is 0 Å². The average Bonchev–Trinajstić information content (AvgIpc) is 1.99. The van der Waals surface area contributed by atoms with E-state index in [1.54, 1.807) is 6.92 Å². The van der Waals surface area contributed by atoms with E-state index in [4.69, 9.17) is 5.26 Å². The minimum absolute atomic E-state index is 0.164. The monoisotopic (exact) mass is 167 g/mol. The smallest absolute Gasteiger partial charge is 0.129 e. The predicted octanol–water partition coefficient (Wildman–Crippen LogP) is 2.54. The topological polar surface area (TPSA) is 40.9 Å². The summed E-state index contributed by atoms with van der Waals surface area (Å²) in [5.74, 6) is 0.471. The Balaban J connectivity index is 4.18. The van der Waals surface area contributed by atoms with E-state index in [0.717, 1.165) is 0 Å². The third-order valence-electron chi connectivity index (χ3n) is 2.53. The fraction of sp³-hybridized carbons (Fsp3) is 0.800. The van der Waals surface area contributed by atoms with Crippen LogP contribution in [-0.2, 0) is 4.79 Å². The molecule has 0 aromatic heterocycles. The van der Waals surface area contributed by atoms with E-state index >= 15 is 0 Å². The van der Waals surface area contributed by atoms with Crippen LogP contribution >= 0.6 is 0 Å². The summed E-state index contributed by atoms with van der Waals surface area (Å²) in [5, 5.41) is 8.91. The first-order chi connectivity index (χ1) is 5.42. The molecule has 68 valence electrons. The number of nitriles is 1. The molecule has 0 aliphatic carbocycles. The third kappa shape index (κ3) is 3.04. The zero-order valence-corrected chi connectivity index (χ0v) is 8.35. The van der Waals surface area contributed by atoms with Gasteiger partial charge in [-0.2, -0.15) is 5.26 Å². The summed E-state index contributed by atoms with van der Waals surface area (Å²) in [7, 11) is 0. The van der Waals surface area contributed by atoms with Gasteiger partial charge in [-0.3, -0.25) is 0 Å². The number of nitrogens with zero attached hydrogens (tertiary/aromatic N) is 1. The van der Waals surface area contributed by atoms with Gasteiger partial charge in [0.25, 0.3) is 0 Å². The highest BCUT2D eigenvalue weighted by Gasteiger charge is 2.27. The number of carbonyl (C=O) groups excluding carboxylic acids is 1. The van der Waals surface area contributed by atoms with E-state index in [9.17, 15) is 4.79 Å². The van der Waals surface area contributed by atoms with E-state index in [0.29, 0.717) is 18.8 Å². The van der Waals surface area contributed by atoms with E-state index in [1.807, 2.05) is 20.8 Å². The highest BCUT2D eigenvalue weighted by Crippen LogP contribution is 2.31. The van der Waals surface area contributed by atoms with Crippen LogP contribution in [0.1, 0.15) is 40.5 Å². The van der Waals surface area contributed by atoms with E-state index in [2.05, 4.69) is 6.07 Å². The molecule has 0 saturated carbocycles. The number of rotatable bonds is 4. The fourth-order valence-corrected chi connectivity index (χ4v) is 0.909. The molecule has 1 atom stereocenters. The van der Waals surface area contributed by atoms with Crippen LogP contribution < -0.4 is 0 Å². The van der Waals surface area contributed by atoms with E-state index < -0.39 is 0 Å². The molecule has 0 bridgehead atoms. The molecule has 2 heteroatoms. The zero-order chi connectivity index (χ0) is 9.78. The molecule has 0 aliphatic rings. The Hall–Kier alpha value is -0.840. The van der Waals surface area contributed by atoms with Crippen LogP contribution in [0.3, 0.4) is 0 Å². The number of ketones is 1. The van der Waals surface area contributed by atoms with Gasteiger partial charge in [0.2, 0.25) is 0 Å². The van der Waals surface area contributed by atoms with Gasteiger partial charge < -0.3 is 4.79 Å². The van der Waals surface area contributed by atoms with Gasteiger partial charge >= 0.3 is 0 Å². The Labute approximate surface area is 74.6 Å². The molecule has 2 nitrogen and oxygen atoms in total. The molecule has 0 heterocycles. The molecule has 0 fully saturated rings. The Kier molecular flexibility index (Phi) is 3.95. The summed E-state index contributed by atoms with van der Waals surface area (Å²) >= 11 is 0. The molecular formula is C10H17NO. The van der Waals surface area contributed by atoms with Crippen LogP contribution in [0.15, 0.2) is 0 Å². The minimum atomic E-state index is -0.342. The van der Waals surface area contributed by atoms with Crippen LogP contribution in [0.4, 0.5) is 0 Å². The van der Waals surface area contributed by atoms with Crippen molar-refractivity contribution in [3.05, 3.63) is 0 Å². The quantitative estimate of drug-likeness (QED) is 0.645. The molecule has 0 radical (unpaired) electrons. The third-order valence-corrected chi connectivity index (χ3v) is 2.53. The molecule has 0 aromatic carbocycles. The summed E-state index contributed by atoms with van der Waals surface area (Å²) in [6, 6.07) is 2.28. The first kappa shape index (κ1) is 11.2. The first-order valence-corrected chi connectivity index (χ1v) is 4.33. The molecule has 1 unspecified atom stereocenters. The van der Waals surface area contributed by atoms with Crippen LogP contribution in [-0.4, -0.2) is 5.78 Å². The molecule has 0 rings (SSSR count). The van der Waals surface area contributed by atoms with Crippen molar-refractivity contribution >= 4 is 5.78 Å². The maximum absolute atomic E-state index is 10.7. The Bertz CT molecular complexity index is 202. The van der Waals surface area contributed by atoms with Crippen molar-refractivity contribution in [2.75, 3.05) is 0 Å². The number of carbonyl (C=O) groups is 1. The lowest BCUT2D eigenvalue weighted by Crippen LogP contribution is -2.22. The number of hydrogen-bond acceptors (Lipinski definition) is 2. The van der Waals surface area contributed by atoms with Crippen molar-refractivity contribution < 1.29 is 4.79 Å². The van der Waals surface area contributed by atoms with Gasteiger partial charge in [0.05, 0.1) is 11.5 Å². The minimum Gasteiger partial charge on any atom is -0.300 e. The summed E-state index contributed by atoms with van der Waals surface area (Å²) in [4.78, 5) is 10.7. The van der Waals surface area contributed by atoms with Gasteiger partial charge in [0.15, 0.2) is 0 Å². The zero-order valence-electron chi connectivity index (χ0n) is 8.35. The molecule has 0 aromatic rings. The summed E-state index contributed by atoms with van der Waals surface area (Å²) in [6.07, 6.45) is 1.19. The first-order valence-electron chi connectivity index (χ1n) is 4.33. The van der Waals surface area contributed by atoms with Crippen LogP contribution in [0.5, 0.6) is 0 Å². The van der Waals surface area contributed by atoms with Gasteiger partial charge in [-0.1, -0.05) is 13.8 Å². The van der Waals surface area contributed by atoms with Crippen molar-refractivity contribution in [1.29, 1.82) is 5.26 Å². The summed E-state index contributed by atoms with van der Waals surface area (Å²) in [6.45, 7) is 7.52. The van der Waals surface area contributed by atoms with Crippen molar-refractivity contribution in [2.24, 2.45) is 11.3 Å². The van der Waals surface area contributed by atoms with E-state index in [-0.39, 0.29) is 11.2 Å². The van der Waals surface area contributed by atoms with E-state index in [1.165, 1.54) is 0 Å². The lowest BCUT2D eigenvalue weighted by molar-refractivity contribution is -0.117. The number of Topliss-reactive ketones (excluding diaryl/α,β-unsaturated/α-hetero) is 1. The van der Waals surface area contributed by atoms with Crippen LogP contribution in [0, 0.1) is 22.7 Å². The van der Waals surface area contributed by atoms with Gasteiger partial charge in [-0.15, -0.1) is 0 Å². The molecule has 12 heavy (non-hydrogen) atoms. The van der Waals surface area contributed by atoms with Gasteiger partial charge in [0.1, 0.15) is 5.78 Å². The lowest BCUT2D eigenvalue weighted by atomic mass is 9.76. The Morgan fingerprint density at radius 3 is 2.33 bits per heavy atom.